The molecular weight excluding hydrogens is 290 g/mol. The van der Waals surface area contributed by atoms with E-state index in [1.165, 1.54) is 5.56 Å². The maximum Gasteiger partial charge on any atom is 0.231 e. The molecule has 1 aromatic carbocycles. The summed E-state index contributed by atoms with van der Waals surface area (Å²) >= 11 is 0. The maximum atomic E-state index is 9.23. The fraction of sp³-hybridized carbons (Fsp3) is 0.556. The summed E-state index contributed by atoms with van der Waals surface area (Å²) in [6.45, 7) is 1.04. The molecule has 1 fully saturated rings. The number of aromatic nitrogens is 2. The predicted molar refractivity (Wildman–Crippen MR) is 87.8 cm³/mol. The Balaban J connectivity index is 1.52. The summed E-state index contributed by atoms with van der Waals surface area (Å²) in [6.07, 6.45) is 5.17. The topological polar surface area (TPSA) is 62.4 Å². The van der Waals surface area contributed by atoms with Crippen molar-refractivity contribution >= 4 is 0 Å². The van der Waals surface area contributed by atoms with Gasteiger partial charge < -0.3 is 9.63 Å². The van der Waals surface area contributed by atoms with Crippen LogP contribution in [0.15, 0.2) is 34.9 Å². The lowest BCUT2D eigenvalue weighted by atomic mass is 9.86. The Bertz CT molecular complexity index is 591. The first-order valence-corrected chi connectivity index (χ1v) is 8.41. The zero-order valence-electron chi connectivity index (χ0n) is 13.7. The van der Waals surface area contributed by atoms with Gasteiger partial charge in [-0.3, -0.25) is 4.90 Å². The predicted octanol–water partition coefficient (Wildman–Crippen LogP) is 2.64. The van der Waals surface area contributed by atoms with Crippen LogP contribution in [0.5, 0.6) is 0 Å². The summed E-state index contributed by atoms with van der Waals surface area (Å²) in [7, 11) is 2.12. The fourth-order valence-corrected chi connectivity index (χ4v) is 3.32. The molecule has 0 radical (unpaired) electrons. The third-order valence-corrected chi connectivity index (χ3v) is 4.80. The van der Waals surface area contributed by atoms with Crippen LogP contribution >= 0.6 is 0 Å². The molecule has 0 saturated heterocycles. The summed E-state index contributed by atoms with van der Waals surface area (Å²) in [5, 5.41) is 13.3. The van der Waals surface area contributed by atoms with Crippen LogP contribution in [0.2, 0.25) is 0 Å². The van der Waals surface area contributed by atoms with Crippen molar-refractivity contribution in [2.75, 3.05) is 13.7 Å². The minimum absolute atomic E-state index is 0.324. The van der Waals surface area contributed by atoms with Gasteiger partial charge in [0.1, 0.15) is 0 Å². The van der Waals surface area contributed by atoms with Crippen LogP contribution < -0.4 is 0 Å². The second kappa shape index (κ2) is 7.70. The first-order valence-electron chi connectivity index (χ1n) is 8.41. The van der Waals surface area contributed by atoms with Crippen molar-refractivity contribution in [1.29, 1.82) is 0 Å². The molecule has 1 saturated carbocycles. The van der Waals surface area contributed by atoms with Crippen molar-refractivity contribution in [3.63, 3.8) is 0 Å². The van der Waals surface area contributed by atoms with E-state index in [0.717, 1.165) is 31.5 Å². The zero-order chi connectivity index (χ0) is 16.1. The summed E-state index contributed by atoms with van der Waals surface area (Å²) in [4.78, 5) is 6.82. The van der Waals surface area contributed by atoms with Gasteiger partial charge in [-0.05, 0) is 44.2 Å². The minimum atomic E-state index is 0.324. The fourth-order valence-electron chi connectivity index (χ4n) is 3.32. The van der Waals surface area contributed by atoms with E-state index in [9.17, 15) is 5.11 Å². The van der Waals surface area contributed by atoms with Gasteiger partial charge in [0, 0.05) is 12.6 Å². The first-order chi connectivity index (χ1) is 11.2. The summed E-state index contributed by atoms with van der Waals surface area (Å²) < 4.78 is 5.37. The van der Waals surface area contributed by atoms with Gasteiger partial charge in [-0.15, -0.1) is 0 Å². The van der Waals surface area contributed by atoms with Crippen molar-refractivity contribution in [3.8, 4) is 0 Å². The van der Waals surface area contributed by atoms with E-state index in [-0.39, 0.29) is 0 Å². The van der Waals surface area contributed by atoms with E-state index >= 15 is 0 Å². The second-order valence-electron chi connectivity index (χ2n) is 6.54. The number of aliphatic hydroxyl groups excluding tert-OH is 1. The molecule has 2 aromatic rings. The smallest absolute Gasteiger partial charge is 0.231 e. The number of hydrogen-bond acceptors (Lipinski definition) is 5. The van der Waals surface area contributed by atoms with E-state index in [1.54, 1.807) is 0 Å². The van der Waals surface area contributed by atoms with E-state index < -0.39 is 0 Å². The van der Waals surface area contributed by atoms with Gasteiger partial charge in [0.2, 0.25) is 5.89 Å². The van der Waals surface area contributed by atoms with Gasteiger partial charge >= 0.3 is 0 Å². The molecule has 3 rings (SSSR count). The van der Waals surface area contributed by atoms with Crippen molar-refractivity contribution < 1.29 is 9.63 Å². The van der Waals surface area contributed by atoms with Gasteiger partial charge in [-0.2, -0.15) is 4.98 Å². The quantitative estimate of drug-likeness (QED) is 0.888. The highest BCUT2D eigenvalue weighted by atomic mass is 16.5. The molecular formula is C18H25N3O2. The Labute approximate surface area is 137 Å². The molecule has 0 amide bonds. The van der Waals surface area contributed by atoms with Gasteiger partial charge in [-0.1, -0.05) is 35.5 Å². The minimum Gasteiger partial charge on any atom is -0.396 e. The Hall–Kier alpha value is -1.72. The van der Waals surface area contributed by atoms with E-state index in [4.69, 9.17) is 4.52 Å². The molecule has 23 heavy (non-hydrogen) atoms. The van der Waals surface area contributed by atoms with Crippen molar-refractivity contribution in [2.45, 2.75) is 44.7 Å². The van der Waals surface area contributed by atoms with Gasteiger partial charge in [0.25, 0.3) is 0 Å². The molecule has 1 N–H and O–H groups in total. The van der Waals surface area contributed by atoms with Gasteiger partial charge in [-0.25, -0.2) is 0 Å². The van der Waals surface area contributed by atoms with E-state index in [2.05, 4.69) is 34.2 Å². The van der Waals surface area contributed by atoms with Crippen LogP contribution in [-0.2, 0) is 13.0 Å². The molecule has 1 aliphatic carbocycles. The van der Waals surface area contributed by atoms with Crippen LogP contribution in [0.1, 0.15) is 43.0 Å². The standard InChI is InChI=1S/C18H25N3O2/c1-21(16-9-7-15(13-22)8-10-16)12-17-19-18(23-20-17)11-14-5-3-2-4-6-14/h2-6,15-16,22H,7-13H2,1H3. The number of aliphatic hydroxyl groups is 1. The highest BCUT2D eigenvalue weighted by molar-refractivity contribution is 5.17. The molecule has 124 valence electrons. The molecule has 5 heteroatoms. The summed E-state index contributed by atoms with van der Waals surface area (Å²) in [5.74, 6) is 1.91. The average Bonchev–Trinajstić information content (AvgIpc) is 3.02. The zero-order valence-corrected chi connectivity index (χ0v) is 13.7. The molecule has 0 atom stereocenters. The molecule has 1 aliphatic rings. The number of hydrogen-bond donors (Lipinski definition) is 1. The van der Waals surface area contributed by atoms with Gasteiger partial charge in [0.15, 0.2) is 5.82 Å². The Morgan fingerprint density at radius 1 is 1.17 bits per heavy atom. The molecule has 0 bridgehead atoms. The lowest BCUT2D eigenvalue weighted by molar-refractivity contribution is 0.122. The molecule has 0 aliphatic heterocycles. The van der Waals surface area contributed by atoms with Crippen molar-refractivity contribution in [3.05, 3.63) is 47.6 Å². The highest BCUT2D eigenvalue weighted by Gasteiger charge is 2.24. The Morgan fingerprint density at radius 3 is 2.61 bits per heavy atom. The summed E-state index contributed by atoms with van der Waals surface area (Å²) in [6, 6.07) is 10.7. The average molecular weight is 315 g/mol. The van der Waals surface area contributed by atoms with Gasteiger partial charge in [0.05, 0.1) is 13.0 Å². The molecule has 0 unspecified atom stereocenters. The lowest BCUT2D eigenvalue weighted by Gasteiger charge is -2.33. The van der Waals surface area contributed by atoms with Crippen molar-refractivity contribution in [1.82, 2.24) is 15.0 Å². The SMILES string of the molecule is CN(Cc1noc(Cc2ccccc2)n1)C1CCC(CO)CC1. The van der Waals surface area contributed by atoms with Crippen molar-refractivity contribution in [2.24, 2.45) is 5.92 Å². The summed E-state index contributed by atoms with van der Waals surface area (Å²) in [5.41, 5.74) is 1.18. The lowest BCUT2D eigenvalue weighted by Crippen LogP contribution is -2.35. The highest BCUT2D eigenvalue weighted by Crippen LogP contribution is 2.27. The van der Waals surface area contributed by atoms with E-state index in [1.807, 2.05) is 18.2 Å². The number of benzene rings is 1. The third kappa shape index (κ3) is 4.39. The number of nitrogens with zero attached hydrogens (tertiary/aromatic N) is 3. The van der Waals surface area contributed by atoms with Crippen LogP contribution in [0, 0.1) is 5.92 Å². The second-order valence-corrected chi connectivity index (χ2v) is 6.54. The largest absolute Gasteiger partial charge is 0.396 e. The Kier molecular flexibility index (Phi) is 5.41. The van der Waals surface area contributed by atoms with Crippen LogP contribution in [0.4, 0.5) is 0 Å². The molecule has 1 aromatic heterocycles. The maximum absolute atomic E-state index is 9.23. The molecule has 5 nitrogen and oxygen atoms in total. The Morgan fingerprint density at radius 2 is 1.91 bits per heavy atom. The normalized spacial score (nSPS) is 21.7. The first kappa shape index (κ1) is 16.1. The van der Waals surface area contributed by atoms with E-state index in [0.29, 0.717) is 37.4 Å². The van der Waals surface area contributed by atoms with Crippen LogP contribution in [-0.4, -0.2) is 39.8 Å². The molecule has 1 heterocycles. The van der Waals surface area contributed by atoms with Crippen LogP contribution in [0.25, 0.3) is 0 Å². The third-order valence-electron chi connectivity index (χ3n) is 4.80. The molecule has 0 spiro atoms. The van der Waals surface area contributed by atoms with Crippen LogP contribution in [0.3, 0.4) is 0 Å². The monoisotopic (exact) mass is 315 g/mol. The number of rotatable bonds is 6.